The molecule has 0 amide bonds. The summed E-state index contributed by atoms with van der Waals surface area (Å²) in [7, 11) is 1.79. The van der Waals surface area contributed by atoms with Crippen LogP contribution in [0.4, 0.5) is 0 Å². The van der Waals surface area contributed by atoms with E-state index in [0.717, 1.165) is 6.54 Å². The van der Waals surface area contributed by atoms with Crippen LogP contribution in [0.15, 0.2) is 0 Å². The summed E-state index contributed by atoms with van der Waals surface area (Å²) in [5, 5.41) is 3.98. The van der Waals surface area contributed by atoms with E-state index in [9.17, 15) is 0 Å². The van der Waals surface area contributed by atoms with Crippen molar-refractivity contribution in [2.75, 3.05) is 20.2 Å². The fourth-order valence-corrected chi connectivity index (χ4v) is 1.06. The fraction of sp³-hybridized carbons (Fsp3) is 1.00. The number of nitrogens with zero attached hydrogens (tertiary/aromatic N) is 1. The third kappa shape index (κ3) is 1.94. The molecule has 1 saturated heterocycles. The Morgan fingerprint density at radius 2 is 2.30 bits per heavy atom. The molecule has 0 saturated carbocycles. The smallest absolute Gasteiger partial charge is 0.163 e. The Bertz CT molecular complexity index is 114. The Labute approximate surface area is 61.7 Å². The summed E-state index contributed by atoms with van der Waals surface area (Å²) in [5.41, 5.74) is 0. The zero-order valence-electron chi connectivity index (χ0n) is 6.76. The lowest BCUT2D eigenvalue weighted by Crippen LogP contribution is -2.22. The van der Waals surface area contributed by atoms with Gasteiger partial charge in [0.05, 0.1) is 12.7 Å². The van der Waals surface area contributed by atoms with E-state index in [1.807, 2.05) is 13.8 Å². The highest BCUT2D eigenvalue weighted by molar-refractivity contribution is 4.82. The van der Waals surface area contributed by atoms with Crippen molar-refractivity contribution in [1.29, 1.82) is 0 Å². The monoisotopic (exact) mass is 144 g/mol. The molecule has 0 spiro atoms. The minimum absolute atomic E-state index is 0.167. The molecule has 1 heterocycles. The van der Waals surface area contributed by atoms with Crippen LogP contribution in [0, 0.1) is 0 Å². The van der Waals surface area contributed by atoms with Crippen molar-refractivity contribution >= 4 is 0 Å². The number of likely N-dealkylation sites (N-methyl/N-ethyl adjacent to an activating group) is 1. The summed E-state index contributed by atoms with van der Waals surface area (Å²) in [6.07, 6.45) is 0.167. The molecule has 1 rings (SSSR count). The Kier molecular flexibility index (Phi) is 2.28. The molecule has 0 bridgehead atoms. The summed E-state index contributed by atoms with van der Waals surface area (Å²) in [6, 6.07) is 0. The van der Waals surface area contributed by atoms with E-state index >= 15 is 0 Å². The van der Waals surface area contributed by atoms with Gasteiger partial charge in [0.25, 0.3) is 0 Å². The van der Waals surface area contributed by atoms with Crippen molar-refractivity contribution in [2.24, 2.45) is 0 Å². The molecule has 1 unspecified atom stereocenters. The Morgan fingerprint density at radius 1 is 1.60 bits per heavy atom. The van der Waals surface area contributed by atoms with E-state index in [4.69, 9.17) is 9.47 Å². The van der Waals surface area contributed by atoms with Gasteiger partial charge < -0.3 is 14.8 Å². The summed E-state index contributed by atoms with van der Waals surface area (Å²) >= 11 is 0. The highest BCUT2D eigenvalue weighted by Crippen LogP contribution is 2.22. The third-order valence-corrected chi connectivity index (χ3v) is 1.45. The average Bonchev–Trinajstić information content (AvgIpc) is 2.12. The largest absolute Gasteiger partial charge is 0.663 e. The molecule has 3 heteroatoms. The lowest BCUT2D eigenvalue weighted by atomic mass is 10.4. The first-order valence-electron chi connectivity index (χ1n) is 3.51. The molecule has 60 valence electrons. The molecule has 0 N–H and O–H groups in total. The van der Waals surface area contributed by atoms with Crippen molar-refractivity contribution < 1.29 is 9.47 Å². The first kappa shape index (κ1) is 7.98. The van der Waals surface area contributed by atoms with Crippen LogP contribution in [-0.2, 0) is 9.47 Å². The SMILES string of the molecule is C[N-]CC1COC(C)(C)O1. The summed E-state index contributed by atoms with van der Waals surface area (Å²) < 4.78 is 10.8. The van der Waals surface area contributed by atoms with Gasteiger partial charge in [-0.15, -0.1) is 6.54 Å². The van der Waals surface area contributed by atoms with E-state index in [1.165, 1.54) is 0 Å². The van der Waals surface area contributed by atoms with E-state index in [-0.39, 0.29) is 6.10 Å². The van der Waals surface area contributed by atoms with E-state index < -0.39 is 5.79 Å². The maximum atomic E-state index is 5.47. The van der Waals surface area contributed by atoms with Gasteiger partial charge in [-0.05, 0) is 13.8 Å². The lowest BCUT2D eigenvalue weighted by Gasteiger charge is -2.20. The maximum Gasteiger partial charge on any atom is 0.163 e. The summed E-state index contributed by atoms with van der Waals surface area (Å²) in [4.78, 5) is 0. The van der Waals surface area contributed by atoms with E-state index in [1.54, 1.807) is 7.05 Å². The molecule has 10 heavy (non-hydrogen) atoms. The van der Waals surface area contributed by atoms with Crippen LogP contribution in [-0.4, -0.2) is 32.1 Å². The predicted molar refractivity (Wildman–Crippen MR) is 39.1 cm³/mol. The number of rotatable bonds is 2. The normalized spacial score (nSPS) is 30.9. The summed E-state index contributed by atoms with van der Waals surface area (Å²) in [5.74, 6) is -0.393. The summed E-state index contributed by atoms with van der Waals surface area (Å²) in [6.45, 7) is 5.25. The molecule has 0 aromatic heterocycles. The van der Waals surface area contributed by atoms with Gasteiger partial charge in [-0.2, -0.15) is 7.05 Å². The molecule has 0 radical (unpaired) electrons. The molecule has 1 aliphatic heterocycles. The number of ether oxygens (including phenoxy) is 2. The molecule has 3 nitrogen and oxygen atoms in total. The maximum absolute atomic E-state index is 5.47. The van der Waals surface area contributed by atoms with Crippen molar-refractivity contribution in [2.45, 2.75) is 25.7 Å². The standard InChI is InChI=1S/C7H14NO2/c1-7(2)9-5-6(10-7)4-8-3/h6H,4-5H2,1-3H3/q-1. The van der Waals surface area contributed by atoms with Gasteiger partial charge >= 0.3 is 0 Å². The molecule has 1 fully saturated rings. The second kappa shape index (κ2) is 2.86. The molecule has 0 aliphatic carbocycles. The highest BCUT2D eigenvalue weighted by atomic mass is 16.7. The molecule has 1 aliphatic rings. The Hall–Kier alpha value is -0.120. The molecular weight excluding hydrogens is 130 g/mol. The van der Waals surface area contributed by atoms with Crippen LogP contribution in [0.2, 0.25) is 0 Å². The van der Waals surface area contributed by atoms with Crippen LogP contribution in [0.1, 0.15) is 13.8 Å². The second-order valence-corrected chi connectivity index (χ2v) is 2.95. The van der Waals surface area contributed by atoms with Crippen molar-refractivity contribution in [3.05, 3.63) is 5.32 Å². The molecule has 1 atom stereocenters. The van der Waals surface area contributed by atoms with Gasteiger partial charge in [0, 0.05) is 0 Å². The lowest BCUT2D eigenvalue weighted by molar-refractivity contribution is -0.136. The van der Waals surface area contributed by atoms with Crippen LogP contribution in [0.25, 0.3) is 5.32 Å². The topological polar surface area (TPSA) is 32.6 Å². The van der Waals surface area contributed by atoms with Crippen LogP contribution in [0.5, 0.6) is 0 Å². The van der Waals surface area contributed by atoms with Gasteiger partial charge in [0.15, 0.2) is 5.79 Å². The second-order valence-electron chi connectivity index (χ2n) is 2.95. The Morgan fingerprint density at radius 3 is 2.70 bits per heavy atom. The molecule has 0 aromatic carbocycles. The Balaban J connectivity index is 2.29. The van der Waals surface area contributed by atoms with Crippen molar-refractivity contribution in [3.63, 3.8) is 0 Å². The van der Waals surface area contributed by atoms with Gasteiger partial charge in [-0.1, -0.05) is 0 Å². The van der Waals surface area contributed by atoms with E-state index in [0.29, 0.717) is 6.61 Å². The van der Waals surface area contributed by atoms with Gasteiger partial charge in [0.2, 0.25) is 0 Å². The minimum Gasteiger partial charge on any atom is -0.663 e. The fourth-order valence-electron chi connectivity index (χ4n) is 1.06. The number of hydrogen-bond acceptors (Lipinski definition) is 2. The van der Waals surface area contributed by atoms with Gasteiger partial charge in [0.1, 0.15) is 0 Å². The first-order chi connectivity index (χ1) is 4.64. The van der Waals surface area contributed by atoms with Crippen LogP contribution < -0.4 is 0 Å². The first-order valence-corrected chi connectivity index (χ1v) is 3.51. The number of hydrogen-bond donors (Lipinski definition) is 0. The van der Waals surface area contributed by atoms with Crippen molar-refractivity contribution in [3.8, 4) is 0 Å². The third-order valence-electron chi connectivity index (χ3n) is 1.45. The van der Waals surface area contributed by atoms with Gasteiger partial charge in [-0.25, -0.2) is 0 Å². The highest BCUT2D eigenvalue weighted by Gasteiger charge is 2.30. The van der Waals surface area contributed by atoms with Crippen LogP contribution in [0.3, 0.4) is 0 Å². The minimum atomic E-state index is -0.393. The predicted octanol–water partition coefficient (Wildman–Crippen LogP) is 1.14. The molecule has 0 aromatic rings. The average molecular weight is 144 g/mol. The zero-order valence-corrected chi connectivity index (χ0v) is 6.76. The quantitative estimate of drug-likeness (QED) is 0.582. The molecular formula is C7H14NO2-. The van der Waals surface area contributed by atoms with Crippen LogP contribution >= 0.6 is 0 Å². The van der Waals surface area contributed by atoms with E-state index in [2.05, 4.69) is 5.32 Å². The zero-order chi connectivity index (χ0) is 7.61. The van der Waals surface area contributed by atoms with Crippen molar-refractivity contribution in [1.82, 2.24) is 0 Å². The van der Waals surface area contributed by atoms with Gasteiger partial charge in [-0.3, -0.25) is 0 Å².